The highest BCUT2D eigenvalue weighted by Gasteiger charge is 2.17. The third-order valence-electron chi connectivity index (χ3n) is 3.99. The number of nitrogens with one attached hydrogen (secondary N) is 1. The maximum Gasteiger partial charge on any atom is 0.279 e. The van der Waals surface area contributed by atoms with Crippen LogP contribution < -0.4 is 10.9 Å². The predicted octanol–water partition coefficient (Wildman–Crippen LogP) is 3.06. The first-order valence-corrected chi connectivity index (χ1v) is 8.28. The van der Waals surface area contributed by atoms with Gasteiger partial charge < -0.3 is 10.4 Å². The van der Waals surface area contributed by atoms with Gasteiger partial charge in [-0.05, 0) is 48.7 Å². The Hall–Kier alpha value is -3.41. The molecule has 0 saturated carbocycles. The van der Waals surface area contributed by atoms with Crippen molar-refractivity contribution in [1.82, 2.24) is 9.78 Å². The van der Waals surface area contributed by atoms with Crippen LogP contribution in [0.25, 0.3) is 5.69 Å². The third-order valence-corrected chi connectivity index (χ3v) is 3.99. The second-order valence-electron chi connectivity index (χ2n) is 5.97. The zero-order chi connectivity index (χ0) is 18.7. The summed E-state index contributed by atoms with van der Waals surface area (Å²) in [5.41, 5.74) is 2.48. The quantitative estimate of drug-likeness (QED) is 0.758. The number of benzene rings is 2. The minimum Gasteiger partial charge on any atom is -0.505 e. The summed E-state index contributed by atoms with van der Waals surface area (Å²) in [4.78, 5) is 24.7. The highest BCUT2D eigenvalue weighted by atomic mass is 16.3. The molecule has 2 aromatic carbocycles. The molecule has 1 heterocycles. The van der Waals surface area contributed by atoms with E-state index in [1.54, 1.807) is 30.3 Å². The maximum atomic E-state index is 12.5. The average Bonchev–Trinajstić information content (AvgIpc) is 2.62. The Labute approximate surface area is 150 Å². The molecule has 2 N–H and O–H groups in total. The third kappa shape index (κ3) is 3.64. The molecule has 0 aliphatic heterocycles. The maximum absolute atomic E-state index is 12.5. The Morgan fingerprint density at radius 1 is 1.15 bits per heavy atom. The molecule has 3 rings (SSSR count). The van der Waals surface area contributed by atoms with Crippen molar-refractivity contribution >= 4 is 11.6 Å². The number of carbonyl (C=O) groups is 1. The van der Waals surface area contributed by atoms with Crippen molar-refractivity contribution in [3.8, 4) is 11.4 Å². The van der Waals surface area contributed by atoms with E-state index in [1.807, 2.05) is 32.0 Å². The van der Waals surface area contributed by atoms with Gasteiger partial charge in [0.1, 0.15) is 0 Å². The van der Waals surface area contributed by atoms with Crippen LogP contribution in [0, 0.1) is 6.92 Å². The van der Waals surface area contributed by atoms with Gasteiger partial charge in [0.15, 0.2) is 11.4 Å². The van der Waals surface area contributed by atoms with Crippen molar-refractivity contribution in [2.45, 2.75) is 20.3 Å². The molecule has 3 aromatic rings. The fourth-order valence-electron chi connectivity index (χ4n) is 2.57. The smallest absolute Gasteiger partial charge is 0.279 e. The number of hydrogen-bond acceptors (Lipinski definition) is 4. The van der Waals surface area contributed by atoms with Gasteiger partial charge in [-0.25, -0.2) is 0 Å². The SMILES string of the molecule is CCc1ccc(NC(=O)c2nn(-c3cccc(C)c3)c(=O)cc2O)cc1. The van der Waals surface area contributed by atoms with Gasteiger partial charge in [-0.15, -0.1) is 0 Å². The standard InChI is InChI=1S/C20H19N3O3/c1-3-14-7-9-15(10-8-14)21-20(26)19-17(24)12-18(25)23(22-19)16-6-4-5-13(2)11-16/h4-12,24H,3H2,1-2H3,(H,21,26). The van der Waals surface area contributed by atoms with Gasteiger partial charge in [-0.1, -0.05) is 31.2 Å². The van der Waals surface area contributed by atoms with E-state index in [0.29, 0.717) is 11.4 Å². The zero-order valence-electron chi connectivity index (χ0n) is 14.6. The van der Waals surface area contributed by atoms with Crippen molar-refractivity contribution in [2.24, 2.45) is 0 Å². The lowest BCUT2D eigenvalue weighted by molar-refractivity contribution is 0.101. The molecule has 0 radical (unpaired) electrons. The molecule has 0 aliphatic rings. The number of anilines is 1. The number of aryl methyl sites for hydroxylation is 2. The number of aromatic hydroxyl groups is 1. The molecule has 1 amide bonds. The fraction of sp³-hybridized carbons (Fsp3) is 0.150. The molecular weight excluding hydrogens is 330 g/mol. The summed E-state index contributed by atoms with van der Waals surface area (Å²) < 4.78 is 1.10. The van der Waals surface area contributed by atoms with E-state index in [-0.39, 0.29) is 5.69 Å². The Kier molecular flexibility index (Phi) is 4.84. The van der Waals surface area contributed by atoms with Crippen molar-refractivity contribution in [3.05, 3.63) is 81.8 Å². The lowest BCUT2D eigenvalue weighted by atomic mass is 10.1. The molecule has 26 heavy (non-hydrogen) atoms. The highest BCUT2D eigenvalue weighted by molar-refractivity contribution is 6.04. The van der Waals surface area contributed by atoms with Crippen LogP contribution in [0.1, 0.15) is 28.5 Å². The summed E-state index contributed by atoms with van der Waals surface area (Å²) in [6, 6.07) is 15.6. The van der Waals surface area contributed by atoms with Crippen molar-refractivity contribution in [3.63, 3.8) is 0 Å². The lowest BCUT2D eigenvalue weighted by Gasteiger charge is -2.10. The van der Waals surface area contributed by atoms with Crippen LogP contribution in [0.5, 0.6) is 5.75 Å². The molecule has 0 saturated heterocycles. The molecule has 132 valence electrons. The van der Waals surface area contributed by atoms with E-state index in [4.69, 9.17) is 0 Å². The Morgan fingerprint density at radius 2 is 1.88 bits per heavy atom. The first-order chi connectivity index (χ1) is 12.5. The Morgan fingerprint density at radius 3 is 2.54 bits per heavy atom. The molecule has 0 fully saturated rings. The van der Waals surface area contributed by atoms with Crippen LogP contribution >= 0.6 is 0 Å². The van der Waals surface area contributed by atoms with E-state index in [0.717, 1.165) is 28.3 Å². The van der Waals surface area contributed by atoms with Crippen molar-refractivity contribution < 1.29 is 9.90 Å². The van der Waals surface area contributed by atoms with E-state index in [2.05, 4.69) is 10.4 Å². The van der Waals surface area contributed by atoms with Crippen molar-refractivity contribution in [1.29, 1.82) is 0 Å². The van der Waals surface area contributed by atoms with E-state index in [1.165, 1.54) is 0 Å². The number of carbonyl (C=O) groups excluding carboxylic acids is 1. The largest absolute Gasteiger partial charge is 0.505 e. The second kappa shape index (κ2) is 7.23. The normalized spacial score (nSPS) is 10.5. The van der Waals surface area contributed by atoms with Gasteiger partial charge in [0, 0.05) is 11.8 Å². The molecule has 0 bridgehead atoms. The first kappa shape index (κ1) is 17.4. The molecule has 0 spiro atoms. The highest BCUT2D eigenvalue weighted by Crippen LogP contribution is 2.16. The monoisotopic (exact) mass is 349 g/mol. The van der Waals surface area contributed by atoms with Gasteiger partial charge in [-0.2, -0.15) is 9.78 Å². The topological polar surface area (TPSA) is 84.2 Å². The number of aromatic nitrogens is 2. The molecule has 6 nitrogen and oxygen atoms in total. The first-order valence-electron chi connectivity index (χ1n) is 8.28. The van der Waals surface area contributed by atoms with Crippen LogP contribution in [0.2, 0.25) is 0 Å². The van der Waals surface area contributed by atoms with E-state index < -0.39 is 17.2 Å². The number of hydrogen-bond donors (Lipinski definition) is 2. The van der Waals surface area contributed by atoms with Crippen LogP contribution in [-0.4, -0.2) is 20.8 Å². The summed E-state index contributed by atoms with van der Waals surface area (Å²) in [7, 11) is 0. The minimum atomic E-state index is -0.590. The van der Waals surface area contributed by atoms with Crippen LogP contribution in [0.3, 0.4) is 0 Å². The van der Waals surface area contributed by atoms with Gasteiger partial charge in [-0.3, -0.25) is 9.59 Å². The second-order valence-corrected chi connectivity index (χ2v) is 5.97. The van der Waals surface area contributed by atoms with E-state index in [9.17, 15) is 14.7 Å². The molecule has 0 aliphatic carbocycles. The Balaban J connectivity index is 1.95. The van der Waals surface area contributed by atoms with Crippen LogP contribution in [0.4, 0.5) is 5.69 Å². The summed E-state index contributed by atoms with van der Waals surface area (Å²) >= 11 is 0. The molecule has 0 unspecified atom stereocenters. The minimum absolute atomic E-state index is 0.217. The number of amides is 1. The van der Waals surface area contributed by atoms with Crippen LogP contribution in [-0.2, 0) is 6.42 Å². The van der Waals surface area contributed by atoms with Crippen LogP contribution in [0.15, 0.2) is 59.4 Å². The van der Waals surface area contributed by atoms with E-state index >= 15 is 0 Å². The number of nitrogens with zero attached hydrogens (tertiary/aromatic N) is 2. The summed E-state index contributed by atoms with van der Waals surface area (Å²) in [6.45, 7) is 3.94. The molecule has 1 aromatic heterocycles. The predicted molar refractivity (Wildman–Crippen MR) is 100 cm³/mol. The average molecular weight is 349 g/mol. The molecular formula is C20H19N3O3. The van der Waals surface area contributed by atoms with Gasteiger partial charge >= 0.3 is 0 Å². The summed E-state index contributed by atoms with van der Waals surface area (Å²) in [5.74, 6) is -1.05. The van der Waals surface area contributed by atoms with Gasteiger partial charge in [0.05, 0.1) is 5.69 Å². The molecule has 0 atom stereocenters. The van der Waals surface area contributed by atoms with Gasteiger partial charge in [0.2, 0.25) is 0 Å². The summed E-state index contributed by atoms with van der Waals surface area (Å²) in [5, 5.41) is 16.7. The fourth-order valence-corrected chi connectivity index (χ4v) is 2.57. The Bertz CT molecular complexity index is 1010. The van der Waals surface area contributed by atoms with Gasteiger partial charge in [0.25, 0.3) is 11.5 Å². The zero-order valence-corrected chi connectivity index (χ0v) is 14.6. The lowest BCUT2D eigenvalue weighted by Crippen LogP contribution is -2.25. The summed E-state index contributed by atoms with van der Waals surface area (Å²) in [6.07, 6.45) is 0.901. The molecule has 6 heteroatoms. The number of rotatable bonds is 4. The van der Waals surface area contributed by atoms with Crippen molar-refractivity contribution in [2.75, 3.05) is 5.32 Å².